The lowest BCUT2D eigenvalue weighted by Gasteiger charge is -2.02. The van der Waals surface area contributed by atoms with Crippen LogP contribution in [0, 0.1) is 0 Å². The highest BCUT2D eigenvalue weighted by Crippen LogP contribution is 2.43. The molecule has 0 saturated carbocycles. The number of hydrogen-bond donors (Lipinski definition) is 0. The topological polar surface area (TPSA) is 25.4 Å². The van der Waals surface area contributed by atoms with Gasteiger partial charge in [0.25, 0.3) is 0 Å². The molecule has 2 nitrogen and oxygen atoms in total. The molecule has 1 saturated heterocycles. The van der Waals surface area contributed by atoms with Crippen molar-refractivity contribution < 1.29 is 4.74 Å². The van der Waals surface area contributed by atoms with Crippen molar-refractivity contribution in [2.45, 2.75) is 12.2 Å². The van der Waals surface area contributed by atoms with Gasteiger partial charge in [-0.2, -0.15) is 0 Å². The van der Waals surface area contributed by atoms with Crippen molar-refractivity contribution in [3.05, 3.63) is 35.7 Å². The van der Waals surface area contributed by atoms with Gasteiger partial charge in [-0.1, -0.05) is 18.2 Å². The third-order valence-corrected chi connectivity index (χ3v) is 2.13. The van der Waals surface area contributed by atoms with Crippen LogP contribution in [-0.4, -0.2) is 11.1 Å². The van der Waals surface area contributed by atoms with E-state index in [0.29, 0.717) is 6.10 Å². The molecular weight excluding hydrogens is 138 g/mol. The number of fused-ring (bicyclic) bond motifs is 3. The van der Waals surface area contributed by atoms with E-state index >= 15 is 0 Å². The van der Waals surface area contributed by atoms with Crippen molar-refractivity contribution in [1.82, 2.24) is 4.98 Å². The van der Waals surface area contributed by atoms with E-state index in [-0.39, 0.29) is 6.10 Å². The maximum Gasteiger partial charge on any atom is 0.131 e. The summed E-state index contributed by atoms with van der Waals surface area (Å²) in [5, 5.41) is 0. The first-order valence-corrected chi connectivity index (χ1v) is 3.74. The average molecular weight is 145 g/mol. The zero-order valence-electron chi connectivity index (χ0n) is 5.90. The fourth-order valence-corrected chi connectivity index (χ4v) is 1.50. The number of nitrogens with zero attached hydrogens (tertiary/aromatic N) is 1. The van der Waals surface area contributed by atoms with Crippen LogP contribution in [-0.2, 0) is 4.74 Å². The highest BCUT2D eigenvalue weighted by atomic mass is 16.6. The van der Waals surface area contributed by atoms with Gasteiger partial charge < -0.3 is 4.74 Å². The van der Waals surface area contributed by atoms with E-state index in [2.05, 4.69) is 23.2 Å². The van der Waals surface area contributed by atoms with Gasteiger partial charge in [-0.3, -0.25) is 4.98 Å². The maximum absolute atomic E-state index is 5.35. The van der Waals surface area contributed by atoms with Gasteiger partial charge in [0.15, 0.2) is 0 Å². The zero-order chi connectivity index (χ0) is 7.26. The van der Waals surface area contributed by atoms with Crippen LogP contribution in [0.25, 0.3) is 6.08 Å². The van der Waals surface area contributed by atoms with E-state index in [1.54, 1.807) is 0 Å². The van der Waals surface area contributed by atoms with Crippen LogP contribution < -0.4 is 0 Å². The van der Waals surface area contributed by atoms with Crippen LogP contribution in [0.1, 0.15) is 17.4 Å². The number of aromatic nitrogens is 1. The first-order valence-electron chi connectivity index (χ1n) is 3.74. The maximum atomic E-state index is 5.35. The predicted octanol–water partition coefficient (Wildman–Crippen LogP) is 1.55. The molecule has 1 aromatic rings. The number of ether oxygens (including phenoxy) is 1. The Kier molecular flexibility index (Phi) is 0.855. The summed E-state index contributed by atoms with van der Waals surface area (Å²) in [5.74, 6) is 0. The number of hydrogen-bond acceptors (Lipinski definition) is 2. The van der Waals surface area contributed by atoms with Crippen molar-refractivity contribution in [3.8, 4) is 0 Å². The lowest BCUT2D eigenvalue weighted by molar-refractivity contribution is 0.392. The van der Waals surface area contributed by atoms with Crippen molar-refractivity contribution >= 4 is 6.08 Å². The Morgan fingerprint density at radius 3 is 3.45 bits per heavy atom. The fourth-order valence-electron chi connectivity index (χ4n) is 1.50. The van der Waals surface area contributed by atoms with Crippen LogP contribution >= 0.6 is 0 Å². The molecule has 3 rings (SSSR count). The lowest BCUT2D eigenvalue weighted by Crippen LogP contribution is -1.97. The molecule has 0 bridgehead atoms. The summed E-state index contributed by atoms with van der Waals surface area (Å²) in [6.45, 7) is 0. The Morgan fingerprint density at radius 1 is 1.45 bits per heavy atom. The molecule has 0 unspecified atom stereocenters. The lowest BCUT2D eigenvalue weighted by atomic mass is 10.0. The van der Waals surface area contributed by atoms with Gasteiger partial charge >= 0.3 is 0 Å². The number of pyridine rings is 1. The van der Waals surface area contributed by atoms with Crippen molar-refractivity contribution in [2.75, 3.05) is 0 Å². The highest BCUT2D eigenvalue weighted by molar-refractivity contribution is 5.57. The third kappa shape index (κ3) is 0.672. The summed E-state index contributed by atoms with van der Waals surface area (Å²) in [6, 6.07) is 4.02. The molecule has 2 heteroatoms. The molecule has 0 N–H and O–H groups in total. The second-order valence-electron chi connectivity index (χ2n) is 2.86. The molecule has 2 aliphatic rings. The van der Waals surface area contributed by atoms with Crippen LogP contribution in [0.5, 0.6) is 0 Å². The molecule has 11 heavy (non-hydrogen) atoms. The average Bonchev–Trinajstić information content (AvgIpc) is 2.83. The van der Waals surface area contributed by atoms with E-state index in [1.165, 1.54) is 5.56 Å². The standard InChI is InChI=1S/C9H7NO/c1-2-6-3-4-7-9(11-7)8(6)10-5-1/h1-5,7,9H/t7-,9-/m0/s1. The normalized spacial score (nSPS) is 30.9. The van der Waals surface area contributed by atoms with Gasteiger partial charge in [0.05, 0.1) is 5.69 Å². The van der Waals surface area contributed by atoms with Crippen molar-refractivity contribution in [3.63, 3.8) is 0 Å². The third-order valence-electron chi connectivity index (χ3n) is 2.13. The summed E-state index contributed by atoms with van der Waals surface area (Å²) in [4.78, 5) is 4.27. The highest BCUT2D eigenvalue weighted by Gasteiger charge is 2.42. The van der Waals surface area contributed by atoms with Gasteiger partial charge in [0.2, 0.25) is 0 Å². The Morgan fingerprint density at radius 2 is 2.45 bits per heavy atom. The zero-order valence-corrected chi connectivity index (χ0v) is 5.90. The molecule has 0 amide bonds. The van der Waals surface area contributed by atoms with Gasteiger partial charge in [-0.05, 0) is 11.6 Å². The van der Waals surface area contributed by atoms with E-state index in [9.17, 15) is 0 Å². The predicted molar refractivity (Wildman–Crippen MR) is 40.9 cm³/mol. The summed E-state index contributed by atoms with van der Waals surface area (Å²) in [6.07, 6.45) is 6.57. The fraction of sp³-hybridized carbons (Fsp3) is 0.222. The first kappa shape index (κ1) is 5.49. The van der Waals surface area contributed by atoms with Crippen LogP contribution in [0.15, 0.2) is 24.4 Å². The number of epoxide rings is 1. The minimum Gasteiger partial charge on any atom is -0.358 e. The molecule has 1 aromatic heterocycles. The van der Waals surface area contributed by atoms with Crippen LogP contribution in [0.4, 0.5) is 0 Å². The van der Waals surface area contributed by atoms with Gasteiger partial charge in [0, 0.05) is 6.20 Å². The van der Waals surface area contributed by atoms with E-state index in [1.807, 2.05) is 12.3 Å². The summed E-state index contributed by atoms with van der Waals surface area (Å²) in [5.41, 5.74) is 2.30. The second-order valence-corrected chi connectivity index (χ2v) is 2.86. The van der Waals surface area contributed by atoms with Crippen LogP contribution in [0.3, 0.4) is 0 Å². The molecule has 2 atom stereocenters. The molecule has 1 aliphatic heterocycles. The van der Waals surface area contributed by atoms with Gasteiger partial charge in [-0.15, -0.1) is 0 Å². The number of rotatable bonds is 0. The Bertz CT molecular complexity index is 332. The van der Waals surface area contributed by atoms with Gasteiger partial charge in [-0.25, -0.2) is 0 Å². The van der Waals surface area contributed by atoms with Crippen LogP contribution in [0.2, 0.25) is 0 Å². The summed E-state index contributed by atoms with van der Waals surface area (Å²) >= 11 is 0. The molecule has 0 radical (unpaired) electrons. The molecule has 0 spiro atoms. The Hall–Kier alpha value is -1.15. The van der Waals surface area contributed by atoms with E-state index in [0.717, 1.165) is 5.69 Å². The molecule has 2 heterocycles. The minimum atomic E-state index is 0.260. The SMILES string of the molecule is C1=C[C@@H]2O[C@@H]2c2ncccc21. The first-order chi connectivity index (χ1) is 5.45. The van der Waals surface area contributed by atoms with Crippen molar-refractivity contribution in [2.24, 2.45) is 0 Å². The summed E-state index contributed by atoms with van der Waals surface area (Å²) < 4.78 is 5.35. The summed E-state index contributed by atoms with van der Waals surface area (Å²) in [7, 11) is 0. The smallest absolute Gasteiger partial charge is 0.131 e. The molecule has 1 fully saturated rings. The largest absolute Gasteiger partial charge is 0.358 e. The minimum absolute atomic E-state index is 0.260. The van der Waals surface area contributed by atoms with Gasteiger partial charge in [0.1, 0.15) is 12.2 Å². The molecule has 1 aliphatic carbocycles. The van der Waals surface area contributed by atoms with E-state index in [4.69, 9.17) is 4.74 Å². The quantitative estimate of drug-likeness (QED) is 0.517. The van der Waals surface area contributed by atoms with E-state index < -0.39 is 0 Å². The monoisotopic (exact) mass is 145 g/mol. The second kappa shape index (κ2) is 1.71. The molecule has 54 valence electrons. The molecule has 0 aromatic carbocycles. The Balaban J connectivity index is 2.24. The Labute approximate surface area is 64.5 Å². The molecular formula is C9H7NO. The van der Waals surface area contributed by atoms with Crippen molar-refractivity contribution in [1.29, 1.82) is 0 Å².